The lowest BCUT2D eigenvalue weighted by Crippen LogP contribution is -2.20. The number of likely N-dealkylation sites (N-methyl/N-ethyl adjacent to an activating group) is 1. The molecule has 4 rings (SSSR count). The van der Waals surface area contributed by atoms with Gasteiger partial charge in [0.15, 0.2) is 11.6 Å². The van der Waals surface area contributed by atoms with E-state index in [0.29, 0.717) is 42.6 Å². The lowest BCUT2D eigenvalue weighted by atomic mass is 10.1. The number of hydrogen-bond acceptors (Lipinski definition) is 9. The van der Waals surface area contributed by atoms with Crippen LogP contribution in [0.2, 0.25) is 0 Å². The summed E-state index contributed by atoms with van der Waals surface area (Å²) in [6.07, 6.45) is 2.43. The highest BCUT2D eigenvalue weighted by atomic mass is 16.5. The van der Waals surface area contributed by atoms with Gasteiger partial charge in [-0.25, -0.2) is 0 Å². The van der Waals surface area contributed by atoms with Gasteiger partial charge in [-0.2, -0.15) is 15.1 Å². The predicted octanol–water partition coefficient (Wildman–Crippen LogP) is 3.48. The molecule has 0 bridgehead atoms. The average molecular weight is 427 g/mol. The Kier molecular flexibility index (Phi) is 6.36. The van der Waals surface area contributed by atoms with Crippen LogP contribution >= 0.6 is 0 Å². The highest BCUT2D eigenvalue weighted by molar-refractivity contribution is 5.55. The van der Waals surface area contributed by atoms with Crippen molar-refractivity contribution in [2.45, 2.75) is 45.1 Å². The van der Waals surface area contributed by atoms with Crippen molar-refractivity contribution in [2.24, 2.45) is 0 Å². The zero-order valence-corrected chi connectivity index (χ0v) is 18.5. The number of ether oxygens (including phenoxy) is 1. The third-order valence-electron chi connectivity index (χ3n) is 4.95. The van der Waals surface area contributed by atoms with Crippen LogP contribution in [0.4, 0.5) is 17.6 Å². The minimum Gasteiger partial charge on any atom is -0.476 e. The van der Waals surface area contributed by atoms with Crippen molar-refractivity contribution in [3.05, 3.63) is 35.3 Å². The van der Waals surface area contributed by atoms with Crippen molar-refractivity contribution >= 4 is 17.6 Å². The van der Waals surface area contributed by atoms with Crippen LogP contribution in [0.5, 0.6) is 5.88 Å². The zero-order chi connectivity index (χ0) is 21.8. The van der Waals surface area contributed by atoms with E-state index < -0.39 is 0 Å². The maximum Gasteiger partial charge on any atom is 0.228 e. The molecule has 1 aliphatic rings. The summed E-state index contributed by atoms with van der Waals surface area (Å²) in [7, 11) is 4.00. The summed E-state index contributed by atoms with van der Waals surface area (Å²) in [6, 6.07) is 5.75. The van der Waals surface area contributed by atoms with Gasteiger partial charge in [0.2, 0.25) is 11.8 Å². The summed E-state index contributed by atoms with van der Waals surface area (Å²) in [5, 5.41) is 18.0. The lowest BCUT2D eigenvalue weighted by Gasteiger charge is -2.12. The Morgan fingerprint density at radius 1 is 1.19 bits per heavy atom. The maximum absolute atomic E-state index is 5.84. The van der Waals surface area contributed by atoms with Crippen LogP contribution in [0.1, 0.15) is 55.7 Å². The summed E-state index contributed by atoms with van der Waals surface area (Å²) in [6.45, 7) is 5.89. The third-order valence-corrected chi connectivity index (χ3v) is 4.95. The smallest absolute Gasteiger partial charge is 0.228 e. The molecule has 0 aliphatic heterocycles. The Morgan fingerprint density at radius 2 is 2.03 bits per heavy atom. The van der Waals surface area contributed by atoms with Gasteiger partial charge >= 0.3 is 0 Å². The first-order chi connectivity index (χ1) is 15.0. The van der Waals surface area contributed by atoms with Crippen molar-refractivity contribution in [1.29, 1.82) is 0 Å². The van der Waals surface area contributed by atoms with Gasteiger partial charge in [0.25, 0.3) is 0 Å². The second kappa shape index (κ2) is 9.34. The van der Waals surface area contributed by atoms with Crippen LogP contribution in [-0.4, -0.2) is 57.5 Å². The first-order valence-electron chi connectivity index (χ1n) is 10.6. The molecule has 3 aromatic heterocycles. The molecule has 0 amide bonds. The van der Waals surface area contributed by atoms with E-state index in [9.17, 15) is 0 Å². The van der Waals surface area contributed by atoms with E-state index in [1.165, 1.54) is 12.8 Å². The van der Waals surface area contributed by atoms with E-state index in [-0.39, 0.29) is 0 Å². The second-order valence-electron chi connectivity index (χ2n) is 8.40. The third kappa shape index (κ3) is 5.94. The molecule has 166 valence electrons. The standard InChI is InChI=1S/C21H30N8O2/c1-13(2)16-9-15(31-28-16)12-22-21-24-18(11-20(25-21)30-8-7-29(3)4)23-19-10-17(26-27-19)14-5-6-14/h9-11,13-14H,5-8,12H2,1-4H3,(H3,22,23,24,25,26,27). The molecule has 0 saturated heterocycles. The Hall–Kier alpha value is -3.14. The minimum atomic E-state index is 0.312. The van der Waals surface area contributed by atoms with Gasteiger partial charge in [-0.05, 0) is 32.9 Å². The molecule has 0 atom stereocenters. The van der Waals surface area contributed by atoms with Crippen LogP contribution in [0.15, 0.2) is 22.7 Å². The molecule has 0 spiro atoms. The fourth-order valence-electron chi connectivity index (χ4n) is 2.96. The van der Waals surface area contributed by atoms with Crippen molar-refractivity contribution in [1.82, 2.24) is 30.2 Å². The van der Waals surface area contributed by atoms with E-state index in [2.05, 4.69) is 54.7 Å². The van der Waals surface area contributed by atoms with Gasteiger partial charge in [0.05, 0.1) is 12.2 Å². The highest BCUT2D eigenvalue weighted by Crippen LogP contribution is 2.39. The molecule has 0 aromatic carbocycles. The molecule has 10 nitrogen and oxygen atoms in total. The molecule has 1 saturated carbocycles. The molecule has 3 heterocycles. The SMILES string of the molecule is CC(C)c1cc(CNc2nc(Nc3cc(C4CC4)[nH]n3)cc(OCCN(C)C)n2)on1. The Bertz CT molecular complexity index is 993. The molecular formula is C21H30N8O2. The summed E-state index contributed by atoms with van der Waals surface area (Å²) >= 11 is 0. The second-order valence-corrected chi connectivity index (χ2v) is 8.40. The van der Waals surface area contributed by atoms with Crippen LogP contribution in [0.25, 0.3) is 0 Å². The predicted molar refractivity (Wildman–Crippen MR) is 118 cm³/mol. The molecule has 3 aromatic rings. The van der Waals surface area contributed by atoms with Crippen LogP contribution in [0, 0.1) is 0 Å². The van der Waals surface area contributed by atoms with Crippen LogP contribution in [0.3, 0.4) is 0 Å². The maximum atomic E-state index is 5.84. The number of hydrogen-bond donors (Lipinski definition) is 3. The van der Waals surface area contributed by atoms with Crippen LogP contribution < -0.4 is 15.4 Å². The van der Waals surface area contributed by atoms with Gasteiger partial charge in [-0.15, -0.1) is 0 Å². The number of anilines is 3. The van der Waals surface area contributed by atoms with Crippen molar-refractivity contribution in [3.63, 3.8) is 0 Å². The summed E-state index contributed by atoms with van der Waals surface area (Å²) in [5.41, 5.74) is 2.08. The fourth-order valence-corrected chi connectivity index (χ4v) is 2.96. The first-order valence-corrected chi connectivity index (χ1v) is 10.6. The topological polar surface area (TPSA) is 117 Å². The average Bonchev–Trinajstić information content (AvgIpc) is 3.27. The first kappa shape index (κ1) is 21.1. The van der Waals surface area contributed by atoms with Gasteiger partial charge < -0.3 is 24.8 Å². The molecule has 1 aliphatic carbocycles. The number of H-pyrrole nitrogens is 1. The monoisotopic (exact) mass is 426 g/mol. The molecule has 31 heavy (non-hydrogen) atoms. The van der Waals surface area contributed by atoms with Gasteiger partial charge in [0, 0.05) is 36.4 Å². The molecular weight excluding hydrogens is 396 g/mol. The molecule has 3 N–H and O–H groups in total. The number of aromatic nitrogens is 5. The minimum absolute atomic E-state index is 0.312. The quantitative estimate of drug-likeness (QED) is 0.423. The van der Waals surface area contributed by atoms with Gasteiger partial charge in [-0.1, -0.05) is 19.0 Å². The molecule has 0 radical (unpaired) electrons. The number of rotatable bonds is 11. The van der Waals surface area contributed by atoms with E-state index in [0.717, 1.165) is 29.5 Å². The normalized spacial score (nSPS) is 13.7. The largest absolute Gasteiger partial charge is 0.476 e. The molecule has 0 unspecified atom stereocenters. The van der Waals surface area contributed by atoms with Crippen molar-refractivity contribution in [3.8, 4) is 5.88 Å². The van der Waals surface area contributed by atoms with Gasteiger partial charge in [-0.3, -0.25) is 5.10 Å². The van der Waals surface area contributed by atoms with E-state index in [4.69, 9.17) is 9.26 Å². The molecule has 10 heteroatoms. The Labute approximate surface area is 181 Å². The van der Waals surface area contributed by atoms with Crippen molar-refractivity contribution < 1.29 is 9.26 Å². The lowest BCUT2D eigenvalue weighted by molar-refractivity contribution is 0.254. The number of aromatic amines is 1. The summed E-state index contributed by atoms with van der Waals surface area (Å²) in [5.74, 6) is 3.89. The number of nitrogens with one attached hydrogen (secondary N) is 3. The van der Waals surface area contributed by atoms with E-state index >= 15 is 0 Å². The van der Waals surface area contributed by atoms with E-state index in [1.54, 1.807) is 6.07 Å². The van der Waals surface area contributed by atoms with Crippen LogP contribution in [-0.2, 0) is 6.54 Å². The van der Waals surface area contributed by atoms with Crippen molar-refractivity contribution in [2.75, 3.05) is 37.9 Å². The zero-order valence-electron chi connectivity index (χ0n) is 18.5. The summed E-state index contributed by atoms with van der Waals surface area (Å²) < 4.78 is 11.2. The Balaban J connectivity index is 1.46. The summed E-state index contributed by atoms with van der Waals surface area (Å²) in [4.78, 5) is 11.1. The number of nitrogens with zero attached hydrogens (tertiary/aromatic N) is 5. The Morgan fingerprint density at radius 3 is 2.74 bits per heavy atom. The fraction of sp³-hybridized carbons (Fsp3) is 0.524. The van der Waals surface area contributed by atoms with E-state index in [1.807, 2.05) is 26.2 Å². The molecule has 1 fully saturated rings. The highest BCUT2D eigenvalue weighted by Gasteiger charge is 2.25. The van der Waals surface area contributed by atoms with Gasteiger partial charge in [0.1, 0.15) is 12.4 Å².